The van der Waals surface area contributed by atoms with Gasteiger partial charge < -0.3 is 9.64 Å². The summed E-state index contributed by atoms with van der Waals surface area (Å²) in [4.78, 5) is 31.8. The molecule has 3 rings (SSSR count). The summed E-state index contributed by atoms with van der Waals surface area (Å²) in [5, 5.41) is 4.77. The molecule has 0 radical (unpaired) electrons. The van der Waals surface area contributed by atoms with Gasteiger partial charge in [0.15, 0.2) is 5.65 Å². The molecule has 1 fully saturated rings. The highest BCUT2D eigenvalue weighted by Gasteiger charge is 2.32. The maximum absolute atomic E-state index is 13.4. The van der Waals surface area contributed by atoms with Crippen molar-refractivity contribution in [1.82, 2.24) is 19.5 Å². The van der Waals surface area contributed by atoms with Crippen molar-refractivity contribution in [1.29, 1.82) is 0 Å². The Hall–Kier alpha value is -2.44. The molecule has 0 bridgehead atoms. The van der Waals surface area contributed by atoms with Crippen molar-refractivity contribution in [2.75, 3.05) is 19.7 Å². The van der Waals surface area contributed by atoms with E-state index in [9.17, 15) is 9.59 Å². The zero-order valence-electron chi connectivity index (χ0n) is 18.4. The molecule has 1 saturated heterocycles. The number of aromatic nitrogens is 3. The first-order valence-corrected chi connectivity index (χ1v) is 10.5. The molecule has 1 atom stereocenters. The highest BCUT2D eigenvalue weighted by atomic mass is 16.5. The smallest absolute Gasteiger partial charge is 0.310 e. The van der Waals surface area contributed by atoms with Gasteiger partial charge in [0.05, 0.1) is 29.5 Å². The molecule has 2 aromatic heterocycles. The third-order valence-electron chi connectivity index (χ3n) is 5.39. The van der Waals surface area contributed by atoms with Crippen molar-refractivity contribution in [2.45, 2.75) is 65.7 Å². The second-order valence-corrected chi connectivity index (χ2v) is 9.10. The van der Waals surface area contributed by atoms with Crippen LogP contribution < -0.4 is 0 Å². The average Bonchev–Trinajstić information content (AvgIpc) is 3.11. The molecule has 0 saturated carbocycles. The van der Waals surface area contributed by atoms with Gasteiger partial charge in [-0.15, -0.1) is 0 Å². The molecule has 1 aliphatic heterocycles. The fourth-order valence-electron chi connectivity index (χ4n) is 3.82. The molecule has 7 heteroatoms. The van der Waals surface area contributed by atoms with E-state index in [1.807, 2.05) is 10.6 Å². The maximum Gasteiger partial charge on any atom is 0.310 e. The first-order valence-electron chi connectivity index (χ1n) is 10.5. The molecule has 0 spiro atoms. The van der Waals surface area contributed by atoms with Gasteiger partial charge in [-0.1, -0.05) is 34.6 Å². The molecule has 0 N–H and O–H groups in total. The highest BCUT2D eigenvalue weighted by molar-refractivity contribution is 5.96. The third kappa shape index (κ3) is 4.28. The van der Waals surface area contributed by atoms with Gasteiger partial charge in [0.2, 0.25) is 0 Å². The maximum atomic E-state index is 13.4. The van der Waals surface area contributed by atoms with E-state index in [2.05, 4.69) is 39.6 Å². The lowest BCUT2D eigenvalue weighted by Gasteiger charge is -2.32. The Kier molecular flexibility index (Phi) is 5.96. The van der Waals surface area contributed by atoms with Crippen LogP contribution in [0.15, 0.2) is 12.3 Å². The second-order valence-electron chi connectivity index (χ2n) is 9.10. The number of likely N-dealkylation sites (tertiary alicyclic amines) is 1. The van der Waals surface area contributed by atoms with E-state index in [1.54, 1.807) is 18.0 Å². The number of amides is 1. The number of hydrogen-bond acceptors (Lipinski definition) is 5. The Bertz CT molecular complexity index is 911. The quantitative estimate of drug-likeness (QED) is 0.734. The Labute approximate surface area is 172 Å². The van der Waals surface area contributed by atoms with Gasteiger partial charge >= 0.3 is 5.97 Å². The number of nitrogens with zero attached hydrogens (tertiary/aromatic N) is 4. The summed E-state index contributed by atoms with van der Waals surface area (Å²) in [5.41, 5.74) is 3.00. The van der Waals surface area contributed by atoms with Crippen molar-refractivity contribution in [3.63, 3.8) is 0 Å². The van der Waals surface area contributed by atoms with Gasteiger partial charge in [0.25, 0.3) is 5.91 Å². The molecular formula is C22H32N4O3. The third-order valence-corrected chi connectivity index (χ3v) is 5.39. The van der Waals surface area contributed by atoms with E-state index in [-0.39, 0.29) is 29.1 Å². The van der Waals surface area contributed by atoms with E-state index in [4.69, 9.17) is 9.84 Å². The van der Waals surface area contributed by atoms with Crippen LogP contribution in [0.25, 0.3) is 5.65 Å². The number of ether oxygens (including phenoxy) is 1. The van der Waals surface area contributed by atoms with Crippen molar-refractivity contribution in [2.24, 2.45) is 5.92 Å². The number of hydrogen-bond donors (Lipinski definition) is 0. The lowest BCUT2D eigenvalue weighted by Crippen LogP contribution is -2.43. The van der Waals surface area contributed by atoms with Crippen molar-refractivity contribution in [3.8, 4) is 0 Å². The molecule has 7 nitrogen and oxygen atoms in total. The van der Waals surface area contributed by atoms with Gasteiger partial charge in [-0.25, -0.2) is 9.50 Å². The zero-order chi connectivity index (χ0) is 21.3. The molecule has 0 aliphatic carbocycles. The number of carbonyl (C=O) groups excluding carboxylic acids is 2. The van der Waals surface area contributed by atoms with Crippen LogP contribution in [0.3, 0.4) is 0 Å². The predicted octanol–water partition coefficient (Wildman–Crippen LogP) is 3.57. The zero-order valence-corrected chi connectivity index (χ0v) is 18.4. The number of esters is 1. The van der Waals surface area contributed by atoms with E-state index in [0.29, 0.717) is 25.3 Å². The highest BCUT2D eigenvalue weighted by Crippen LogP contribution is 2.27. The predicted molar refractivity (Wildman–Crippen MR) is 111 cm³/mol. The summed E-state index contributed by atoms with van der Waals surface area (Å²) in [6.07, 6.45) is 3.21. The number of fused-ring (bicyclic) bond motifs is 1. The topological polar surface area (TPSA) is 76.8 Å². The first-order chi connectivity index (χ1) is 13.6. The van der Waals surface area contributed by atoms with Gasteiger partial charge in [-0.3, -0.25) is 9.59 Å². The monoisotopic (exact) mass is 400 g/mol. The van der Waals surface area contributed by atoms with Gasteiger partial charge in [0.1, 0.15) is 0 Å². The van der Waals surface area contributed by atoms with Crippen molar-refractivity contribution in [3.05, 3.63) is 29.2 Å². The van der Waals surface area contributed by atoms with Crippen LogP contribution >= 0.6 is 0 Å². The van der Waals surface area contributed by atoms with E-state index in [1.165, 1.54) is 0 Å². The molecule has 158 valence electrons. The summed E-state index contributed by atoms with van der Waals surface area (Å²) < 4.78 is 6.98. The number of carbonyl (C=O) groups is 2. The Balaban J connectivity index is 1.97. The SMILES string of the molecule is CCOC(=O)C1CCCN(C(=O)c2cnc3cc(C(C)(C)C)nn3c2C(C)C)C1. The van der Waals surface area contributed by atoms with Gasteiger partial charge in [-0.2, -0.15) is 5.10 Å². The summed E-state index contributed by atoms with van der Waals surface area (Å²) in [5.74, 6) is -0.476. The molecule has 0 aromatic carbocycles. The average molecular weight is 401 g/mol. The normalized spacial score (nSPS) is 17.8. The van der Waals surface area contributed by atoms with Crippen LogP contribution in [-0.2, 0) is 14.9 Å². The van der Waals surface area contributed by atoms with Crippen LogP contribution in [0, 0.1) is 5.92 Å². The minimum absolute atomic E-state index is 0.0927. The Morgan fingerprint density at radius 1 is 1.31 bits per heavy atom. The Morgan fingerprint density at radius 3 is 2.66 bits per heavy atom. The van der Waals surface area contributed by atoms with Crippen LogP contribution in [-0.4, -0.2) is 51.1 Å². The second kappa shape index (κ2) is 8.13. The first kappa shape index (κ1) is 21.3. The fourth-order valence-corrected chi connectivity index (χ4v) is 3.82. The van der Waals surface area contributed by atoms with Crippen molar-refractivity contribution >= 4 is 17.5 Å². The lowest BCUT2D eigenvalue weighted by molar-refractivity contribution is -0.149. The molecule has 2 aromatic rings. The fraction of sp³-hybridized carbons (Fsp3) is 0.636. The minimum atomic E-state index is -0.260. The van der Waals surface area contributed by atoms with E-state index in [0.717, 1.165) is 29.9 Å². The molecular weight excluding hydrogens is 368 g/mol. The van der Waals surface area contributed by atoms with E-state index >= 15 is 0 Å². The van der Waals surface area contributed by atoms with Crippen LogP contribution in [0.1, 0.15) is 82.0 Å². The van der Waals surface area contributed by atoms with Crippen LogP contribution in [0.2, 0.25) is 0 Å². The van der Waals surface area contributed by atoms with Gasteiger partial charge in [-0.05, 0) is 25.7 Å². The summed E-state index contributed by atoms with van der Waals surface area (Å²) >= 11 is 0. The molecule has 1 unspecified atom stereocenters. The summed E-state index contributed by atoms with van der Waals surface area (Å²) in [7, 11) is 0. The molecule has 1 amide bonds. The lowest BCUT2D eigenvalue weighted by atomic mass is 9.93. The van der Waals surface area contributed by atoms with Crippen molar-refractivity contribution < 1.29 is 14.3 Å². The van der Waals surface area contributed by atoms with Gasteiger partial charge in [0, 0.05) is 30.8 Å². The number of rotatable bonds is 4. The van der Waals surface area contributed by atoms with Crippen LogP contribution in [0.5, 0.6) is 0 Å². The summed E-state index contributed by atoms with van der Waals surface area (Å²) in [6.45, 7) is 13.6. The number of piperidine rings is 1. The molecule has 3 heterocycles. The summed E-state index contributed by atoms with van der Waals surface area (Å²) in [6, 6.07) is 1.98. The largest absolute Gasteiger partial charge is 0.466 e. The van der Waals surface area contributed by atoms with E-state index < -0.39 is 0 Å². The molecule has 29 heavy (non-hydrogen) atoms. The minimum Gasteiger partial charge on any atom is -0.466 e. The standard InChI is InChI=1S/C22H32N4O3/c1-7-29-21(28)15-9-8-10-25(13-15)20(27)16-12-23-18-11-17(22(4,5)6)24-26(18)19(16)14(2)3/h11-12,14-15H,7-10,13H2,1-6H3. The molecule has 1 aliphatic rings. The Morgan fingerprint density at radius 2 is 2.03 bits per heavy atom. The van der Waals surface area contributed by atoms with Crippen LogP contribution in [0.4, 0.5) is 0 Å².